The molecular weight excluding hydrogens is 513 g/mol. The highest BCUT2D eigenvalue weighted by Gasteiger charge is 2.30. The van der Waals surface area contributed by atoms with Gasteiger partial charge in [0.1, 0.15) is 0 Å². The van der Waals surface area contributed by atoms with Crippen LogP contribution in [-0.2, 0) is 12.7 Å². The molecule has 1 aliphatic rings. The molecule has 0 saturated carbocycles. The molecule has 4 aromatic rings. The third kappa shape index (κ3) is 6.23. The van der Waals surface area contributed by atoms with Crippen LogP contribution in [0.1, 0.15) is 46.9 Å². The monoisotopic (exact) mass is 546 g/mol. The van der Waals surface area contributed by atoms with Gasteiger partial charge in [0.2, 0.25) is 0 Å². The quantitative estimate of drug-likeness (QED) is 0.254. The van der Waals surface area contributed by atoms with E-state index in [9.17, 15) is 18.0 Å². The van der Waals surface area contributed by atoms with Crippen LogP contribution in [0, 0.1) is 0 Å². The summed E-state index contributed by atoms with van der Waals surface area (Å²) in [6.07, 6.45) is -2.47. The van der Waals surface area contributed by atoms with E-state index in [2.05, 4.69) is 26.2 Å². The van der Waals surface area contributed by atoms with Crippen molar-refractivity contribution >= 4 is 17.3 Å². The molecule has 1 amide bonds. The second kappa shape index (κ2) is 11.6. The highest BCUT2D eigenvalue weighted by atomic mass is 19.4. The molecule has 1 aliphatic heterocycles. The van der Waals surface area contributed by atoms with Crippen LogP contribution in [0.3, 0.4) is 0 Å². The van der Waals surface area contributed by atoms with E-state index in [-0.39, 0.29) is 11.8 Å². The fraction of sp³-hybridized carbons (Fsp3) is 0.281. The second-order valence-corrected chi connectivity index (χ2v) is 10.5. The molecule has 0 radical (unpaired) electrons. The summed E-state index contributed by atoms with van der Waals surface area (Å²) in [5.74, 6) is -0.226. The van der Waals surface area contributed by atoms with Crippen LogP contribution in [0.15, 0.2) is 85.1 Å². The van der Waals surface area contributed by atoms with Crippen molar-refractivity contribution in [3.8, 4) is 11.1 Å². The first-order valence-corrected chi connectivity index (χ1v) is 13.5. The maximum Gasteiger partial charge on any atom is 0.416 e. The van der Waals surface area contributed by atoms with Gasteiger partial charge in [0.05, 0.1) is 5.56 Å². The third-order valence-electron chi connectivity index (χ3n) is 7.38. The number of carbonyl (C=O) groups excluding carboxylic acids is 1. The van der Waals surface area contributed by atoms with Crippen molar-refractivity contribution in [1.82, 2.24) is 9.88 Å². The number of rotatable bonds is 7. The SMILES string of the molecule is CC(C)c1cccc(C(=O)Nc2ccc(N3CCN(Cc4ccc[nH]4)CC3)cc2)c1-c1ccc(C(F)(F)F)cc1. The van der Waals surface area contributed by atoms with E-state index in [0.717, 1.165) is 56.1 Å². The molecular formula is C32H33F3N4O. The van der Waals surface area contributed by atoms with Crippen molar-refractivity contribution in [3.05, 3.63) is 107 Å². The average Bonchev–Trinajstić information content (AvgIpc) is 3.46. The standard InChI is InChI=1S/C32H33F3N4O/c1-22(2)28-6-3-7-29(30(28)23-8-10-24(11-9-23)32(33,34)35)31(40)37-25-12-14-27(15-13-25)39-19-17-38(18-20-39)21-26-5-4-16-36-26/h3-16,22,36H,17-21H2,1-2H3,(H,37,40). The molecule has 0 spiro atoms. The molecule has 40 heavy (non-hydrogen) atoms. The molecule has 8 heteroatoms. The normalized spacial score (nSPS) is 14.5. The van der Waals surface area contributed by atoms with Gasteiger partial charge in [0.15, 0.2) is 0 Å². The van der Waals surface area contributed by atoms with Gasteiger partial charge in [-0.1, -0.05) is 38.1 Å². The van der Waals surface area contributed by atoms with E-state index in [4.69, 9.17) is 0 Å². The van der Waals surface area contributed by atoms with Gasteiger partial charge in [-0.05, 0) is 77.2 Å². The predicted octanol–water partition coefficient (Wildman–Crippen LogP) is 7.40. The number of hydrogen-bond donors (Lipinski definition) is 2. The van der Waals surface area contributed by atoms with Gasteiger partial charge in [-0.15, -0.1) is 0 Å². The van der Waals surface area contributed by atoms with Gasteiger partial charge in [0.25, 0.3) is 5.91 Å². The summed E-state index contributed by atoms with van der Waals surface area (Å²) in [6.45, 7) is 8.70. The lowest BCUT2D eigenvalue weighted by atomic mass is 9.88. The number of carbonyl (C=O) groups is 1. The molecule has 1 aromatic heterocycles. The van der Waals surface area contributed by atoms with Gasteiger partial charge in [0, 0.05) is 61.6 Å². The number of nitrogens with zero attached hydrogens (tertiary/aromatic N) is 2. The van der Waals surface area contributed by atoms with Crippen molar-refractivity contribution in [2.24, 2.45) is 0 Å². The minimum Gasteiger partial charge on any atom is -0.369 e. The highest BCUT2D eigenvalue weighted by Crippen LogP contribution is 2.36. The molecule has 1 fully saturated rings. The van der Waals surface area contributed by atoms with E-state index < -0.39 is 11.7 Å². The number of aromatic nitrogens is 1. The number of aromatic amines is 1. The molecule has 5 nitrogen and oxygen atoms in total. The lowest BCUT2D eigenvalue weighted by Gasteiger charge is -2.36. The topological polar surface area (TPSA) is 51.4 Å². The summed E-state index contributed by atoms with van der Waals surface area (Å²) < 4.78 is 39.4. The number of nitrogens with one attached hydrogen (secondary N) is 2. The van der Waals surface area contributed by atoms with Gasteiger partial charge in [-0.25, -0.2) is 0 Å². The van der Waals surface area contributed by atoms with E-state index in [1.165, 1.54) is 17.8 Å². The molecule has 5 rings (SSSR count). The Morgan fingerprint density at radius 1 is 0.900 bits per heavy atom. The smallest absolute Gasteiger partial charge is 0.369 e. The number of hydrogen-bond acceptors (Lipinski definition) is 3. The van der Waals surface area contributed by atoms with Crippen LogP contribution < -0.4 is 10.2 Å². The number of alkyl halides is 3. The maximum atomic E-state index is 13.5. The minimum absolute atomic E-state index is 0.0765. The first-order chi connectivity index (χ1) is 19.2. The first kappa shape index (κ1) is 27.5. The van der Waals surface area contributed by atoms with Gasteiger partial charge in [-0.2, -0.15) is 13.2 Å². The van der Waals surface area contributed by atoms with Crippen molar-refractivity contribution in [3.63, 3.8) is 0 Å². The highest BCUT2D eigenvalue weighted by molar-refractivity contribution is 6.09. The molecule has 1 saturated heterocycles. The summed E-state index contributed by atoms with van der Waals surface area (Å²) in [4.78, 5) is 21.5. The zero-order valence-corrected chi connectivity index (χ0v) is 22.6. The zero-order valence-electron chi connectivity index (χ0n) is 22.6. The number of amides is 1. The summed E-state index contributed by atoms with van der Waals surface area (Å²) in [7, 11) is 0. The number of H-pyrrole nitrogens is 1. The summed E-state index contributed by atoms with van der Waals surface area (Å²) in [5, 5.41) is 2.98. The number of benzene rings is 3. The Kier molecular flexibility index (Phi) is 7.98. The lowest BCUT2D eigenvalue weighted by molar-refractivity contribution is -0.137. The molecule has 0 bridgehead atoms. The van der Waals surface area contributed by atoms with Crippen LogP contribution in [0.4, 0.5) is 24.5 Å². The Morgan fingerprint density at radius 2 is 1.60 bits per heavy atom. The Bertz CT molecular complexity index is 1420. The first-order valence-electron chi connectivity index (χ1n) is 13.5. The van der Waals surface area contributed by atoms with Crippen molar-refractivity contribution in [2.75, 3.05) is 36.4 Å². The van der Waals surface area contributed by atoms with Gasteiger partial charge in [-0.3, -0.25) is 9.69 Å². The van der Waals surface area contributed by atoms with Gasteiger partial charge >= 0.3 is 6.18 Å². The summed E-state index contributed by atoms with van der Waals surface area (Å²) >= 11 is 0. The Balaban J connectivity index is 1.29. The van der Waals surface area contributed by atoms with Crippen LogP contribution in [-0.4, -0.2) is 42.0 Å². The van der Waals surface area contributed by atoms with E-state index in [1.807, 2.05) is 62.5 Å². The molecule has 2 heterocycles. The molecule has 3 aromatic carbocycles. The molecule has 0 aliphatic carbocycles. The van der Waals surface area contributed by atoms with Gasteiger partial charge < -0.3 is 15.2 Å². The number of anilines is 2. The molecule has 0 unspecified atom stereocenters. The van der Waals surface area contributed by atoms with Crippen LogP contribution in [0.5, 0.6) is 0 Å². The Hall–Kier alpha value is -4.04. The van der Waals surface area contributed by atoms with Crippen LogP contribution in [0.2, 0.25) is 0 Å². The second-order valence-electron chi connectivity index (χ2n) is 10.5. The van der Waals surface area contributed by atoms with E-state index in [0.29, 0.717) is 22.4 Å². The van der Waals surface area contributed by atoms with E-state index in [1.54, 1.807) is 6.07 Å². The summed E-state index contributed by atoms with van der Waals surface area (Å²) in [6, 6.07) is 22.4. The maximum absolute atomic E-state index is 13.5. The number of halogens is 3. The van der Waals surface area contributed by atoms with Crippen molar-refractivity contribution in [2.45, 2.75) is 32.5 Å². The third-order valence-corrected chi connectivity index (χ3v) is 7.38. The predicted molar refractivity (Wildman–Crippen MR) is 154 cm³/mol. The lowest BCUT2D eigenvalue weighted by Crippen LogP contribution is -2.46. The largest absolute Gasteiger partial charge is 0.416 e. The fourth-order valence-corrected chi connectivity index (χ4v) is 5.21. The Morgan fingerprint density at radius 3 is 2.20 bits per heavy atom. The van der Waals surface area contributed by atoms with Crippen LogP contribution in [0.25, 0.3) is 11.1 Å². The minimum atomic E-state index is -4.42. The van der Waals surface area contributed by atoms with E-state index >= 15 is 0 Å². The fourth-order valence-electron chi connectivity index (χ4n) is 5.21. The number of piperazine rings is 1. The molecule has 208 valence electrons. The molecule has 0 atom stereocenters. The Labute approximate surface area is 232 Å². The van der Waals surface area contributed by atoms with Crippen LogP contribution >= 0.6 is 0 Å². The zero-order chi connectivity index (χ0) is 28.3. The molecule has 2 N–H and O–H groups in total. The average molecular weight is 547 g/mol. The van der Waals surface area contributed by atoms with Crippen molar-refractivity contribution in [1.29, 1.82) is 0 Å². The van der Waals surface area contributed by atoms with Crippen molar-refractivity contribution < 1.29 is 18.0 Å². The summed E-state index contributed by atoms with van der Waals surface area (Å²) in [5.41, 5.74) is 4.81.